The Bertz CT molecular complexity index is 1190. The molecule has 36 heavy (non-hydrogen) atoms. The lowest BCUT2D eigenvalue weighted by molar-refractivity contribution is -0.142. The normalized spacial score (nSPS) is 17.2. The number of carbonyl (C=O) groups excluding carboxylic acids is 2. The summed E-state index contributed by atoms with van der Waals surface area (Å²) in [4.78, 5) is 37.3. The number of ether oxygens (including phenoxy) is 1. The second kappa shape index (κ2) is 11.5. The van der Waals surface area contributed by atoms with Crippen LogP contribution < -0.4 is 10.5 Å². The molecule has 186 valence electrons. The van der Waals surface area contributed by atoms with Crippen LogP contribution in [0.5, 0.6) is 5.75 Å². The number of aryl methyl sites for hydroxylation is 1. The van der Waals surface area contributed by atoms with Crippen LogP contribution in [0.25, 0.3) is 11.1 Å². The van der Waals surface area contributed by atoms with Crippen molar-refractivity contribution >= 4 is 17.8 Å². The summed E-state index contributed by atoms with van der Waals surface area (Å²) < 4.78 is 6.03. The van der Waals surface area contributed by atoms with Crippen LogP contribution in [0.2, 0.25) is 0 Å². The van der Waals surface area contributed by atoms with Gasteiger partial charge in [0.25, 0.3) is 0 Å². The number of carbonyl (C=O) groups is 3. The van der Waals surface area contributed by atoms with Crippen molar-refractivity contribution in [2.24, 2.45) is 11.7 Å². The van der Waals surface area contributed by atoms with Gasteiger partial charge < -0.3 is 20.5 Å². The van der Waals surface area contributed by atoms with E-state index in [2.05, 4.69) is 12.1 Å². The summed E-state index contributed by atoms with van der Waals surface area (Å²) in [6.45, 7) is 0.873. The maximum absolute atomic E-state index is 13.0. The number of carboxylic acid groups (broad SMARTS) is 1. The molecule has 0 aliphatic carbocycles. The van der Waals surface area contributed by atoms with Gasteiger partial charge in [-0.15, -0.1) is 0 Å². The van der Waals surface area contributed by atoms with Crippen molar-refractivity contribution < 1.29 is 24.2 Å². The standard InChI is InChI=1S/C29H30N2O5/c30-28(34)23-10-8-21(9-11-23)22-12-14-26(15-13-22)36-19-25-17-24(18-27(32)33)29(35)31(25)16-4-7-20-5-2-1-3-6-20/h1-3,5-6,8-15,24-25H,4,7,16-19H2,(H2,30,34)(H,32,33)/t24-,25-/m0/s1. The zero-order valence-electron chi connectivity index (χ0n) is 20.0. The highest BCUT2D eigenvalue weighted by atomic mass is 16.5. The Kier molecular flexibility index (Phi) is 8.00. The molecule has 1 heterocycles. The minimum atomic E-state index is -0.960. The molecule has 7 nitrogen and oxygen atoms in total. The predicted octanol–water partition coefficient (Wildman–Crippen LogP) is 4.16. The summed E-state index contributed by atoms with van der Waals surface area (Å²) in [5.74, 6) is -1.37. The second-order valence-electron chi connectivity index (χ2n) is 9.08. The molecular formula is C29H30N2O5. The number of hydrogen-bond donors (Lipinski definition) is 2. The molecule has 3 N–H and O–H groups in total. The van der Waals surface area contributed by atoms with Gasteiger partial charge in [0.05, 0.1) is 18.4 Å². The van der Waals surface area contributed by atoms with E-state index in [1.807, 2.05) is 54.6 Å². The average molecular weight is 487 g/mol. The lowest BCUT2D eigenvalue weighted by Crippen LogP contribution is -2.38. The van der Waals surface area contributed by atoms with Gasteiger partial charge in [-0.1, -0.05) is 54.6 Å². The Morgan fingerprint density at radius 1 is 0.944 bits per heavy atom. The van der Waals surface area contributed by atoms with Crippen LogP contribution in [0.3, 0.4) is 0 Å². The van der Waals surface area contributed by atoms with Gasteiger partial charge in [0.1, 0.15) is 12.4 Å². The first-order valence-electron chi connectivity index (χ1n) is 12.1. The quantitative estimate of drug-likeness (QED) is 0.423. The van der Waals surface area contributed by atoms with Gasteiger partial charge in [-0.2, -0.15) is 0 Å². The Hall–Kier alpha value is -4.13. The van der Waals surface area contributed by atoms with Gasteiger partial charge in [-0.25, -0.2) is 0 Å². The fraction of sp³-hybridized carbons (Fsp3) is 0.276. The third-order valence-electron chi connectivity index (χ3n) is 6.56. The molecule has 0 bridgehead atoms. The first-order valence-corrected chi connectivity index (χ1v) is 12.1. The van der Waals surface area contributed by atoms with Crippen LogP contribution in [-0.2, 0) is 16.0 Å². The van der Waals surface area contributed by atoms with Crippen molar-refractivity contribution in [3.8, 4) is 16.9 Å². The summed E-state index contributed by atoms with van der Waals surface area (Å²) in [5.41, 5.74) is 8.90. The summed E-state index contributed by atoms with van der Waals surface area (Å²) in [6.07, 6.45) is 1.97. The molecule has 1 fully saturated rings. The zero-order valence-corrected chi connectivity index (χ0v) is 20.0. The largest absolute Gasteiger partial charge is 0.491 e. The van der Waals surface area contributed by atoms with E-state index < -0.39 is 17.8 Å². The molecule has 1 saturated heterocycles. The molecule has 7 heteroatoms. The van der Waals surface area contributed by atoms with Gasteiger partial charge in [0.15, 0.2) is 0 Å². The molecule has 0 radical (unpaired) electrons. The maximum atomic E-state index is 13.0. The molecule has 1 aliphatic rings. The number of rotatable bonds is 11. The number of aliphatic carboxylic acids is 1. The Morgan fingerprint density at radius 2 is 1.58 bits per heavy atom. The van der Waals surface area contributed by atoms with E-state index in [0.29, 0.717) is 30.9 Å². The third-order valence-corrected chi connectivity index (χ3v) is 6.56. The molecule has 0 aromatic heterocycles. The maximum Gasteiger partial charge on any atom is 0.304 e. The number of nitrogens with zero attached hydrogens (tertiary/aromatic N) is 1. The van der Waals surface area contributed by atoms with Crippen molar-refractivity contribution in [3.05, 3.63) is 90.0 Å². The Balaban J connectivity index is 1.37. The SMILES string of the molecule is NC(=O)c1ccc(-c2ccc(OC[C@@H]3C[C@@H](CC(=O)O)C(=O)N3CCCc3ccccc3)cc2)cc1. The highest BCUT2D eigenvalue weighted by Gasteiger charge is 2.40. The lowest BCUT2D eigenvalue weighted by Gasteiger charge is -2.25. The number of primary amides is 1. The minimum absolute atomic E-state index is 0.103. The molecule has 3 aromatic rings. The van der Waals surface area contributed by atoms with E-state index in [9.17, 15) is 19.5 Å². The number of hydrogen-bond acceptors (Lipinski definition) is 4. The molecular weight excluding hydrogens is 456 g/mol. The van der Waals surface area contributed by atoms with E-state index >= 15 is 0 Å². The number of amides is 2. The monoisotopic (exact) mass is 486 g/mol. The second-order valence-corrected chi connectivity index (χ2v) is 9.08. The molecule has 3 aromatic carbocycles. The van der Waals surface area contributed by atoms with E-state index in [0.717, 1.165) is 24.0 Å². The highest BCUT2D eigenvalue weighted by molar-refractivity contribution is 5.93. The van der Waals surface area contributed by atoms with Crippen LogP contribution in [0.1, 0.15) is 35.2 Å². The zero-order chi connectivity index (χ0) is 25.5. The van der Waals surface area contributed by atoms with Gasteiger partial charge in [-0.05, 0) is 60.2 Å². The molecule has 2 atom stereocenters. The Morgan fingerprint density at radius 3 is 2.19 bits per heavy atom. The highest BCUT2D eigenvalue weighted by Crippen LogP contribution is 2.29. The first kappa shape index (κ1) is 25.0. The summed E-state index contributed by atoms with van der Waals surface area (Å²) in [5, 5.41) is 9.23. The van der Waals surface area contributed by atoms with Crippen molar-refractivity contribution in [1.29, 1.82) is 0 Å². The van der Waals surface area contributed by atoms with E-state index in [1.54, 1.807) is 17.0 Å². The van der Waals surface area contributed by atoms with Gasteiger partial charge >= 0.3 is 5.97 Å². The van der Waals surface area contributed by atoms with Crippen LogP contribution in [0, 0.1) is 5.92 Å². The molecule has 0 saturated carbocycles. The summed E-state index contributed by atoms with van der Waals surface area (Å²) in [6, 6.07) is 24.6. The summed E-state index contributed by atoms with van der Waals surface area (Å²) >= 11 is 0. The lowest BCUT2D eigenvalue weighted by atomic mass is 10.0. The first-order chi connectivity index (χ1) is 17.4. The van der Waals surface area contributed by atoms with Crippen molar-refractivity contribution in [1.82, 2.24) is 4.90 Å². The number of nitrogens with two attached hydrogens (primary N) is 1. The number of benzene rings is 3. The van der Waals surface area contributed by atoms with Gasteiger partial charge in [0, 0.05) is 12.1 Å². The Labute approximate surface area is 210 Å². The molecule has 2 amide bonds. The third kappa shape index (κ3) is 6.30. The van der Waals surface area contributed by atoms with E-state index in [-0.39, 0.29) is 18.4 Å². The van der Waals surface area contributed by atoms with Crippen molar-refractivity contribution in [2.75, 3.05) is 13.2 Å². The topological polar surface area (TPSA) is 110 Å². The number of likely N-dealkylation sites (tertiary alicyclic amines) is 1. The van der Waals surface area contributed by atoms with Crippen LogP contribution in [0.15, 0.2) is 78.9 Å². The van der Waals surface area contributed by atoms with Gasteiger partial charge in [0.2, 0.25) is 11.8 Å². The predicted molar refractivity (Wildman–Crippen MR) is 137 cm³/mol. The van der Waals surface area contributed by atoms with E-state index in [1.165, 1.54) is 5.56 Å². The van der Waals surface area contributed by atoms with Crippen LogP contribution >= 0.6 is 0 Å². The van der Waals surface area contributed by atoms with Crippen LogP contribution in [0.4, 0.5) is 0 Å². The van der Waals surface area contributed by atoms with Gasteiger partial charge in [-0.3, -0.25) is 14.4 Å². The fourth-order valence-corrected chi connectivity index (χ4v) is 4.66. The number of carboxylic acids is 1. The van der Waals surface area contributed by atoms with E-state index in [4.69, 9.17) is 10.5 Å². The van der Waals surface area contributed by atoms with Crippen LogP contribution in [-0.4, -0.2) is 47.0 Å². The minimum Gasteiger partial charge on any atom is -0.491 e. The fourth-order valence-electron chi connectivity index (χ4n) is 4.66. The average Bonchev–Trinajstić information content (AvgIpc) is 3.17. The van der Waals surface area contributed by atoms with Crippen molar-refractivity contribution in [3.63, 3.8) is 0 Å². The molecule has 4 rings (SSSR count). The van der Waals surface area contributed by atoms with Crippen molar-refractivity contribution in [2.45, 2.75) is 31.7 Å². The summed E-state index contributed by atoms with van der Waals surface area (Å²) in [7, 11) is 0. The molecule has 0 spiro atoms. The smallest absolute Gasteiger partial charge is 0.304 e. The molecule has 1 aliphatic heterocycles. The molecule has 0 unspecified atom stereocenters.